The van der Waals surface area contributed by atoms with Crippen LogP contribution in [0.2, 0.25) is 0 Å². The highest BCUT2D eigenvalue weighted by molar-refractivity contribution is 6.02. The minimum Gasteiger partial charge on any atom is -0.364 e. The van der Waals surface area contributed by atoms with Crippen molar-refractivity contribution in [1.29, 1.82) is 0 Å². The van der Waals surface area contributed by atoms with Gasteiger partial charge in [-0.15, -0.1) is 0 Å². The van der Waals surface area contributed by atoms with Crippen LogP contribution >= 0.6 is 0 Å². The zero-order chi connectivity index (χ0) is 16.8. The van der Waals surface area contributed by atoms with E-state index in [0.29, 0.717) is 0 Å². The Hall–Kier alpha value is -1.84. The molecule has 1 unspecified atom stereocenters. The van der Waals surface area contributed by atoms with E-state index in [9.17, 15) is 35.8 Å². The molecule has 1 atom stereocenters. The smallest absolute Gasteiger partial charge is 0.364 e. The third-order valence-electron chi connectivity index (χ3n) is 3.18. The fourth-order valence-corrected chi connectivity index (χ4v) is 1.90. The van der Waals surface area contributed by atoms with Crippen molar-refractivity contribution in [2.75, 3.05) is 0 Å². The summed E-state index contributed by atoms with van der Waals surface area (Å²) in [6.07, 6.45) is -7.74. The molecule has 0 aromatic heterocycles. The molecular formula is C12H9F7N2O. The molecule has 10 heteroatoms. The zero-order valence-electron chi connectivity index (χ0n) is 10.6. The summed E-state index contributed by atoms with van der Waals surface area (Å²) < 4.78 is 89.8. The molecule has 1 aromatic carbocycles. The minimum atomic E-state index is -6.52. The van der Waals surface area contributed by atoms with Crippen molar-refractivity contribution in [3.8, 4) is 0 Å². The van der Waals surface area contributed by atoms with Gasteiger partial charge in [0.15, 0.2) is 0 Å². The molecule has 1 heterocycles. The normalized spacial score (nSPS) is 23.2. The number of halogens is 7. The molecule has 1 aromatic rings. The molecule has 0 saturated carbocycles. The Labute approximate surface area is 119 Å². The van der Waals surface area contributed by atoms with Gasteiger partial charge in [-0.05, 0) is 5.56 Å². The zero-order valence-corrected chi connectivity index (χ0v) is 10.6. The van der Waals surface area contributed by atoms with Crippen LogP contribution in [0.1, 0.15) is 12.0 Å². The second-order valence-electron chi connectivity index (χ2n) is 4.72. The second kappa shape index (κ2) is 4.83. The van der Waals surface area contributed by atoms with Crippen molar-refractivity contribution in [2.45, 2.75) is 30.2 Å². The number of alkyl halides is 7. The van der Waals surface area contributed by atoms with Gasteiger partial charge in [0.2, 0.25) is 5.72 Å². The fourth-order valence-electron chi connectivity index (χ4n) is 1.90. The molecule has 0 saturated heterocycles. The van der Waals surface area contributed by atoms with Gasteiger partial charge < -0.3 is 5.11 Å². The Balaban J connectivity index is 2.31. The minimum absolute atomic E-state index is 0.206. The number of hydrogen-bond donors (Lipinski definition) is 2. The van der Waals surface area contributed by atoms with E-state index in [1.165, 1.54) is 29.7 Å². The van der Waals surface area contributed by atoms with E-state index in [2.05, 4.69) is 5.10 Å². The summed E-state index contributed by atoms with van der Waals surface area (Å²) >= 11 is 0. The van der Waals surface area contributed by atoms with E-state index in [-0.39, 0.29) is 11.3 Å². The maximum absolute atomic E-state index is 13.6. The topological polar surface area (TPSA) is 44.6 Å². The maximum atomic E-state index is 13.6. The summed E-state index contributed by atoms with van der Waals surface area (Å²) in [6, 6.07) is 7.30. The van der Waals surface area contributed by atoms with Crippen molar-refractivity contribution in [1.82, 2.24) is 5.43 Å². The van der Waals surface area contributed by atoms with Gasteiger partial charge >= 0.3 is 18.0 Å². The summed E-state index contributed by atoms with van der Waals surface area (Å²) in [5.74, 6) is -12.2. The Morgan fingerprint density at radius 3 is 2.05 bits per heavy atom. The van der Waals surface area contributed by atoms with Crippen molar-refractivity contribution in [2.24, 2.45) is 5.10 Å². The van der Waals surface area contributed by atoms with Crippen LogP contribution in [0.4, 0.5) is 30.7 Å². The Kier molecular flexibility index (Phi) is 3.63. The number of hydrogen-bond acceptors (Lipinski definition) is 3. The number of aliphatic hydroxyl groups is 1. The van der Waals surface area contributed by atoms with Gasteiger partial charge in [-0.25, -0.2) is 0 Å². The third-order valence-corrected chi connectivity index (χ3v) is 3.18. The highest BCUT2D eigenvalue weighted by Crippen LogP contribution is 2.52. The maximum Gasteiger partial charge on any atom is 0.460 e. The molecule has 0 radical (unpaired) electrons. The molecule has 122 valence electrons. The standard InChI is InChI=1S/C12H9F7N2O/c13-10(14,11(15,16)12(17,18)19)9(22)6-8(20-21-9)7-4-2-1-3-5-7/h1-5,21-22H,6H2. The Morgan fingerprint density at radius 1 is 1.00 bits per heavy atom. The number of nitrogens with one attached hydrogen (secondary N) is 1. The molecule has 0 bridgehead atoms. The van der Waals surface area contributed by atoms with Gasteiger partial charge in [-0.2, -0.15) is 35.8 Å². The first-order valence-electron chi connectivity index (χ1n) is 5.86. The van der Waals surface area contributed by atoms with E-state index in [1.807, 2.05) is 0 Å². The van der Waals surface area contributed by atoms with Gasteiger partial charge in [0.05, 0.1) is 5.71 Å². The second-order valence-corrected chi connectivity index (χ2v) is 4.72. The lowest BCUT2D eigenvalue weighted by atomic mass is 9.92. The number of benzene rings is 1. The quantitative estimate of drug-likeness (QED) is 0.837. The predicted molar refractivity (Wildman–Crippen MR) is 61.6 cm³/mol. The molecule has 3 nitrogen and oxygen atoms in total. The lowest BCUT2D eigenvalue weighted by Crippen LogP contribution is -2.67. The first kappa shape index (κ1) is 16.5. The molecule has 0 fully saturated rings. The largest absolute Gasteiger partial charge is 0.460 e. The number of nitrogens with zero attached hydrogens (tertiary/aromatic N) is 1. The van der Waals surface area contributed by atoms with E-state index in [0.717, 1.165) is 0 Å². The first-order valence-corrected chi connectivity index (χ1v) is 5.86. The van der Waals surface area contributed by atoms with Crippen LogP contribution < -0.4 is 5.43 Å². The van der Waals surface area contributed by atoms with Crippen LogP contribution in [0.5, 0.6) is 0 Å². The number of rotatable bonds is 3. The van der Waals surface area contributed by atoms with Crippen LogP contribution in [0.15, 0.2) is 35.4 Å². The lowest BCUT2D eigenvalue weighted by Gasteiger charge is -2.37. The van der Waals surface area contributed by atoms with Gasteiger partial charge in [0.25, 0.3) is 0 Å². The number of hydrazone groups is 1. The lowest BCUT2D eigenvalue weighted by molar-refractivity contribution is -0.390. The summed E-state index contributed by atoms with van der Waals surface area (Å²) in [6.45, 7) is 0. The average Bonchev–Trinajstić information content (AvgIpc) is 2.83. The molecule has 2 N–H and O–H groups in total. The van der Waals surface area contributed by atoms with Crippen LogP contribution in [-0.4, -0.2) is 34.6 Å². The van der Waals surface area contributed by atoms with Crippen LogP contribution in [0.3, 0.4) is 0 Å². The molecule has 0 amide bonds. The molecule has 22 heavy (non-hydrogen) atoms. The first-order chi connectivity index (χ1) is 9.92. The van der Waals surface area contributed by atoms with Crippen LogP contribution in [-0.2, 0) is 0 Å². The van der Waals surface area contributed by atoms with Crippen LogP contribution in [0.25, 0.3) is 0 Å². The summed E-state index contributed by atoms with van der Waals surface area (Å²) in [4.78, 5) is 0. The molecule has 0 aliphatic carbocycles. The summed E-state index contributed by atoms with van der Waals surface area (Å²) in [7, 11) is 0. The van der Waals surface area contributed by atoms with E-state index in [1.54, 1.807) is 6.07 Å². The van der Waals surface area contributed by atoms with Crippen molar-refractivity contribution >= 4 is 5.71 Å². The third kappa shape index (κ3) is 2.31. The molecule has 0 spiro atoms. The Bertz CT molecular complexity index is 585. The predicted octanol–water partition coefficient (Wildman–Crippen LogP) is 2.91. The summed E-state index contributed by atoms with van der Waals surface area (Å²) in [5, 5.41) is 12.9. The molecular weight excluding hydrogens is 321 g/mol. The van der Waals surface area contributed by atoms with Gasteiger partial charge in [0, 0.05) is 6.42 Å². The highest BCUT2D eigenvalue weighted by atomic mass is 19.4. The molecule has 1 aliphatic heterocycles. The van der Waals surface area contributed by atoms with Crippen LogP contribution in [0, 0.1) is 0 Å². The van der Waals surface area contributed by atoms with Crippen molar-refractivity contribution in [3.63, 3.8) is 0 Å². The van der Waals surface area contributed by atoms with Crippen molar-refractivity contribution in [3.05, 3.63) is 35.9 Å². The molecule has 1 aliphatic rings. The van der Waals surface area contributed by atoms with Gasteiger partial charge in [-0.1, -0.05) is 30.3 Å². The monoisotopic (exact) mass is 330 g/mol. The average molecular weight is 330 g/mol. The molecule has 2 rings (SSSR count). The highest BCUT2D eigenvalue weighted by Gasteiger charge is 2.80. The van der Waals surface area contributed by atoms with E-state index >= 15 is 0 Å². The fraction of sp³-hybridized carbons (Fsp3) is 0.417. The van der Waals surface area contributed by atoms with E-state index in [4.69, 9.17) is 0 Å². The Morgan fingerprint density at radius 2 is 1.55 bits per heavy atom. The SMILES string of the molecule is OC1(C(F)(F)C(F)(F)C(F)(F)F)CC(c2ccccc2)=NN1. The van der Waals surface area contributed by atoms with Crippen molar-refractivity contribution < 1.29 is 35.8 Å². The van der Waals surface area contributed by atoms with Gasteiger partial charge in [-0.3, -0.25) is 5.43 Å². The summed E-state index contributed by atoms with van der Waals surface area (Å²) in [5.41, 5.74) is -2.59. The van der Waals surface area contributed by atoms with Gasteiger partial charge in [0.1, 0.15) is 0 Å². The van der Waals surface area contributed by atoms with E-state index < -0.39 is 30.2 Å².